The number of nitrogens with zero attached hydrogens (tertiary/aromatic N) is 2. The molecule has 0 radical (unpaired) electrons. The van der Waals surface area contributed by atoms with Crippen LogP contribution in [-0.2, 0) is 0 Å². The van der Waals surface area contributed by atoms with E-state index in [1.165, 1.54) is 24.3 Å². The van der Waals surface area contributed by atoms with E-state index >= 15 is 0 Å². The molecule has 0 saturated heterocycles. The highest BCUT2D eigenvalue weighted by molar-refractivity contribution is 6.22. The third-order valence-electron chi connectivity index (χ3n) is 3.96. The molecule has 1 aliphatic rings. The minimum atomic E-state index is -0.411. The number of fused-ring (bicyclic) bond motifs is 1. The van der Waals surface area contributed by atoms with E-state index in [0.717, 1.165) is 10.6 Å². The fourth-order valence-corrected chi connectivity index (χ4v) is 2.66. The fourth-order valence-electron chi connectivity index (χ4n) is 2.66. The number of hydrogen-bond acceptors (Lipinski definition) is 4. The second kappa shape index (κ2) is 6.60. The van der Waals surface area contributed by atoms with E-state index in [9.17, 15) is 14.4 Å². The van der Waals surface area contributed by atoms with Crippen LogP contribution in [0.1, 0.15) is 31.1 Å². The number of benzene rings is 2. The predicted octanol–water partition coefficient (Wildman–Crippen LogP) is 2.25. The van der Waals surface area contributed by atoms with Crippen molar-refractivity contribution < 1.29 is 14.4 Å². The van der Waals surface area contributed by atoms with Crippen molar-refractivity contribution in [3.05, 3.63) is 77.9 Å². The molecule has 1 aliphatic heterocycles. The lowest BCUT2D eigenvalue weighted by Gasteiger charge is -2.20. The van der Waals surface area contributed by atoms with Gasteiger partial charge in [-0.3, -0.25) is 29.7 Å². The Hall–Kier alpha value is -3.41. The van der Waals surface area contributed by atoms with Crippen molar-refractivity contribution in [2.75, 3.05) is 18.6 Å². The largest absolute Gasteiger partial charge is 0.288 e. The lowest BCUT2D eigenvalue weighted by molar-refractivity contribution is 0.0672. The molecule has 2 aromatic carbocycles. The quantitative estimate of drug-likeness (QED) is 0.517. The van der Waals surface area contributed by atoms with E-state index in [1.807, 2.05) is 30.3 Å². The van der Waals surface area contributed by atoms with Gasteiger partial charge in [-0.05, 0) is 30.3 Å². The van der Waals surface area contributed by atoms with E-state index in [4.69, 9.17) is 0 Å². The fraction of sp³-hybridized carbons (Fsp3) is 0.105. The van der Waals surface area contributed by atoms with Gasteiger partial charge in [-0.2, -0.15) is 0 Å². The molecular weight excluding hydrogens is 318 g/mol. The van der Waals surface area contributed by atoms with Crippen molar-refractivity contribution in [1.82, 2.24) is 10.3 Å². The highest BCUT2D eigenvalue weighted by Crippen LogP contribution is 2.24. The Kier molecular flexibility index (Phi) is 4.35. The van der Waals surface area contributed by atoms with E-state index in [-0.39, 0.29) is 23.9 Å². The smallest absolute Gasteiger partial charge is 0.269 e. The number of para-hydroxylation sites is 1. The van der Waals surface area contributed by atoms with Crippen LogP contribution in [0, 0.1) is 0 Å². The molecule has 3 rings (SSSR count). The summed E-state index contributed by atoms with van der Waals surface area (Å²) in [5.41, 5.74) is 4.41. The van der Waals surface area contributed by atoms with Gasteiger partial charge in [-0.25, -0.2) is 0 Å². The Labute approximate surface area is 145 Å². The van der Waals surface area contributed by atoms with Crippen LogP contribution in [0.3, 0.4) is 0 Å². The van der Waals surface area contributed by atoms with Gasteiger partial charge in [-0.1, -0.05) is 24.3 Å². The van der Waals surface area contributed by atoms with Crippen molar-refractivity contribution in [3.63, 3.8) is 0 Å². The van der Waals surface area contributed by atoms with Gasteiger partial charge in [0.2, 0.25) is 0 Å². The standard InChI is InChI=1S/C19H17N3O3/c1-3-11-22-18(24)15-10-9-13(12-16(15)19(22)25)17(23)20-21(2)14-7-5-4-6-8-14/h3-10,12H,1,11H2,2H3,(H,20,23). The zero-order chi connectivity index (χ0) is 18.0. The zero-order valence-corrected chi connectivity index (χ0v) is 13.7. The highest BCUT2D eigenvalue weighted by atomic mass is 16.2. The van der Waals surface area contributed by atoms with E-state index in [1.54, 1.807) is 12.1 Å². The Bertz CT molecular complexity index is 861. The first-order valence-corrected chi connectivity index (χ1v) is 7.74. The minimum absolute atomic E-state index is 0.143. The molecule has 6 nitrogen and oxygen atoms in total. The molecule has 0 bridgehead atoms. The lowest BCUT2D eigenvalue weighted by atomic mass is 10.1. The number of carbonyl (C=O) groups excluding carboxylic acids is 3. The molecule has 0 saturated carbocycles. The summed E-state index contributed by atoms with van der Waals surface area (Å²) in [7, 11) is 1.72. The second-order valence-corrected chi connectivity index (χ2v) is 5.61. The summed E-state index contributed by atoms with van der Waals surface area (Å²) in [6.45, 7) is 3.69. The molecule has 126 valence electrons. The molecule has 1 heterocycles. The van der Waals surface area contributed by atoms with Gasteiger partial charge in [0.05, 0.1) is 16.8 Å². The predicted molar refractivity (Wildman–Crippen MR) is 94.3 cm³/mol. The zero-order valence-electron chi connectivity index (χ0n) is 13.7. The Balaban J connectivity index is 1.81. The number of imide groups is 1. The molecule has 1 N–H and O–H groups in total. The minimum Gasteiger partial charge on any atom is -0.288 e. The molecular formula is C19H17N3O3. The molecule has 0 spiro atoms. The van der Waals surface area contributed by atoms with Gasteiger partial charge in [0.1, 0.15) is 0 Å². The van der Waals surface area contributed by atoms with Crippen LogP contribution in [0.15, 0.2) is 61.2 Å². The SMILES string of the molecule is C=CCN1C(=O)c2ccc(C(=O)NN(C)c3ccccc3)cc2C1=O. The summed E-state index contributed by atoms with van der Waals surface area (Å²) >= 11 is 0. The van der Waals surface area contributed by atoms with Gasteiger partial charge < -0.3 is 0 Å². The van der Waals surface area contributed by atoms with E-state index in [2.05, 4.69) is 12.0 Å². The van der Waals surface area contributed by atoms with Gasteiger partial charge in [-0.15, -0.1) is 6.58 Å². The van der Waals surface area contributed by atoms with Crippen LogP contribution in [0.4, 0.5) is 5.69 Å². The Morgan fingerprint density at radius 1 is 1.12 bits per heavy atom. The molecule has 0 fully saturated rings. The molecule has 3 amide bonds. The van der Waals surface area contributed by atoms with Crippen molar-refractivity contribution >= 4 is 23.4 Å². The molecule has 2 aromatic rings. The summed E-state index contributed by atoms with van der Waals surface area (Å²) in [6, 6.07) is 13.8. The maximum absolute atomic E-state index is 12.4. The first-order valence-electron chi connectivity index (χ1n) is 7.74. The molecule has 0 unspecified atom stereocenters. The average molecular weight is 335 g/mol. The van der Waals surface area contributed by atoms with E-state index in [0.29, 0.717) is 11.1 Å². The molecule has 0 atom stereocenters. The summed E-state index contributed by atoms with van der Waals surface area (Å²) < 4.78 is 0. The topological polar surface area (TPSA) is 69.7 Å². The third-order valence-corrected chi connectivity index (χ3v) is 3.96. The molecule has 0 aliphatic carbocycles. The number of hydrogen-bond donors (Lipinski definition) is 1. The van der Waals surface area contributed by atoms with Gasteiger partial charge in [0.25, 0.3) is 17.7 Å². The third kappa shape index (κ3) is 3.01. The number of anilines is 1. The molecule has 6 heteroatoms. The number of hydrazine groups is 1. The monoisotopic (exact) mass is 335 g/mol. The van der Waals surface area contributed by atoms with Gasteiger partial charge >= 0.3 is 0 Å². The number of amides is 3. The summed E-state index contributed by atoms with van der Waals surface area (Å²) in [4.78, 5) is 38.1. The first-order chi connectivity index (χ1) is 12.0. The Morgan fingerprint density at radius 2 is 1.80 bits per heavy atom. The van der Waals surface area contributed by atoms with Crippen LogP contribution in [0.5, 0.6) is 0 Å². The average Bonchev–Trinajstić information content (AvgIpc) is 2.87. The van der Waals surface area contributed by atoms with Crippen molar-refractivity contribution in [2.45, 2.75) is 0 Å². The summed E-state index contributed by atoms with van der Waals surface area (Å²) in [6.07, 6.45) is 1.49. The maximum atomic E-state index is 12.4. The summed E-state index contributed by atoms with van der Waals surface area (Å²) in [5, 5.41) is 1.59. The van der Waals surface area contributed by atoms with Crippen LogP contribution in [0.2, 0.25) is 0 Å². The molecule has 0 aromatic heterocycles. The second-order valence-electron chi connectivity index (χ2n) is 5.61. The van der Waals surface area contributed by atoms with Crippen molar-refractivity contribution in [3.8, 4) is 0 Å². The highest BCUT2D eigenvalue weighted by Gasteiger charge is 2.35. The first kappa shape index (κ1) is 16.4. The van der Waals surface area contributed by atoms with Crippen molar-refractivity contribution in [2.24, 2.45) is 0 Å². The normalized spacial score (nSPS) is 12.8. The van der Waals surface area contributed by atoms with E-state index < -0.39 is 5.91 Å². The number of rotatable bonds is 5. The van der Waals surface area contributed by atoms with Crippen LogP contribution in [0.25, 0.3) is 0 Å². The maximum Gasteiger partial charge on any atom is 0.269 e. The van der Waals surface area contributed by atoms with Crippen molar-refractivity contribution in [1.29, 1.82) is 0 Å². The molecule has 25 heavy (non-hydrogen) atoms. The van der Waals surface area contributed by atoms with Crippen LogP contribution < -0.4 is 10.4 Å². The van der Waals surface area contributed by atoms with Crippen LogP contribution >= 0.6 is 0 Å². The number of carbonyl (C=O) groups is 3. The van der Waals surface area contributed by atoms with Crippen LogP contribution in [-0.4, -0.2) is 36.2 Å². The lowest BCUT2D eigenvalue weighted by Crippen LogP contribution is -2.39. The Morgan fingerprint density at radius 3 is 2.48 bits per heavy atom. The number of nitrogens with one attached hydrogen (secondary N) is 1. The van der Waals surface area contributed by atoms with Gasteiger partial charge in [0.15, 0.2) is 0 Å². The summed E-state index contributed by atoms with van der Waals surface area (Å²) in [5.74, 6) is -1.14. The van der Waals surface area contributed by atoms with Gasteiger partial charge in [0, 0.05) is 19.2 Å².